The van der Waals surface area contributed by atoms with E-state index in [9.17, 15) is 13.2 Å². The Labute approximate surface area is 181 Å². The van der Waals surface area contributed by atoms with Gasteiger partial charge in [0.05, 0.1) is 26.8 Å². The predicted octanol–water partition coefficient (Wildman–Crippen LogP) is 4.47. The largest absolute Gasteiger partial charge is 0.403 e. The molecule has 2 heterocycles. The van der Waals surface area contributed by atoms with E-state index in [2.05, 4.69) is 9.97 Å². The van der Waals surface area contributed by atoms with Gasteiger partial charge in [0.2, 0.25) is 5.89 Å². The Morgan fingerprint density at radius 3 is 2.60 bits per heavy atom. The van der Waals surface area contributed by atoms with Crippen LogP contribution >= 0.6 is 23.4 Å². The molecule has 0 atom stereocenters. The number of aromatic nitrogens is 2. The molecule has 6 nitrogen and oxygen atoms in total. The standard InChI is InChI=1S/C21H15ClN2O4S2/c22-16-9-4-10-17-18(16)21(25)28-19(24-17)15-8-5-11-23-20(15)29-12-13-30(26,27)14-6-2-1-3-7-14/h1-11H,12-13H2. The number of pyridine rings is 1. The summed E-state index contributed by atoms with van der Waals surface area (Å²) in [5, 5.41) is 1.01. The summed E-state index contributed by atoms with van der Waals surface area (Å²) in [6, 6.07) is 16.7. The van der Waals surface area contributed by atoms with Crippen LogP contribution in [0, 0.1) is 0 Å². The molecule has 30 heavy (non-hydrogen) atoms. The fourth-order valence-corrected chi connectivity index (χ4v) is 5.76. The minimum atomic E-state index is -3.40. The highest BCUT2D eigenvalue weighted by Gasteiger charge is 2.17. The summed E-state index contributed by atoms with van der Waals surface area (Å²) < 4.78 is 30.4. The number of nitrogens with zero attached hydrogens (tertiary/aromatic N) is 2. The number of hydrogen-bond donors (Lipinski definition) is 0. The number of fused-ring (bicyclic) bond motifs is 1. The summed E-state index contributed by atoms with van der Waals surface area (Å²) in [7, 11) is -3.40. The first-order valence-corrected chi connectivity index (χ1v) is 11.9. The van der Waals surface area contributed by atoms with Crippen molar-refractivity contribution in [3.8, 4) is 11.5 Å². The molecule has 2 aromatic carbocycles. The van der Waals surface area contributed by atoms with Crippen molar-refractivity contribution in [1.29, 1.82) is 0 Å². The molecule has 4 aromatic rings. The van der Waals surface area contributed by atoms with Crippen molar-refractivity contribution in [3.05, 3.63) is 82.3 Å². The molecule has 0 unspecified atom stereocenters. The third kappa shape index (κ3) is 4.26. The lowest BCUT2D eigenvalue weighted by Gasteiger charge is -2.08. The number of hydrogen-bond acceptors (Lipinski definition) is 7. The molecule has 0 saturated heterocycles. The summed E-state index contributed by atoms with van der Waals surface area (Å²) in [5.74, 6) is 0.337. The minimum Gasteiger partial charge on any atom is -0.403 e. The van der Waals surface area contributed by atoms with Gasteiger partial charge in [-0.25, -0.2) is 23.2 Å². The summed E-state index contributed by atoms with van der Waals surface area (Å²) in [5.41, 5.74) is 0.339. The summed E-state index contributed by atoms with van der Waals surface area (Å²) in [6.07, 6.45) is 1.59. The average molecular weight is 459 g/mol. The first-order chi connectivity index (χ1) is 14.5. The van der Waals surface area contributed by atoms with Crippen molar-refractivity contribution in [1.82, 2.24) is 9.97 Å². The molecule has 0 aliphatic rings. The van der Waals surface area contributed by atoms with E-state index >= 15 is 0 Å². The van der Waals surface area contributed by atoms with Crippen LogP contribution in [0.25, 0.3) is 22.4 Å². The number of rotatable bonds is 6. The van der Waals surface area contributed by atoms with Gasteiger partial charge in [-0.15, -0.1) is 11.8 Å². The molecule has 0 N–H and O–H groups in total. The Kier molecular flexibility index (Phi) is 5.90. The van der Waals surface area contributed by atoms with E-state index in [-0.39, 0.29) is 32.7 Å². The molecule has 2 aromatic heterocycles. The molecule has 0 bridgehead atoms. The highest BCUT2D eigenvalue weighted by atomic mass is 35.5. The van der Waals surface area contributed by atoms with Crippen LogP contribution in [0.2, 0.25) is 5.02 Å². The van der Waals surface area contributed by atoms with Crippen LogP contribution in [-0.2, 0) is 9.84 Å². The topological polar surface area (TPSA) is 90.1 Å². The van der Waals surface area contributed by atoms with Crippen molar-refractivity contribution in [2.24, 2.45) is 0 Å². The van der Waals surface area contributed by atoms with Gasteiger partial charge in [-0.2, -0.15) is 0 Å². The van der Waals surface area contributed by atoms with E-state index in [1.54, 1.807) is 66.9 Å². The van der Waals surface area contributed by atoms with E-state index in [0.29, 0.717) is 16.1 Å². The minimum absolute atomic E-state index is 0.0532. The second-order valence-corrected chi connectivity index (χ2v) is 9.88. The van der Waals surface area contributed by atoms with Crippen molar-refractivity contribution >= 4 is 44.1 Å². The maximum Gasteiger partial charge on any atom is 0.348 e. The van der Waals surface area contributed by atoms with Crippen molar-refractivity contribution in [2.45, 2.75) is 9.92 Å². The number of halogens is 1. The molecule has 9 heteroatoms. The first kappa shape index (κ1) is 20.6. The van der Waals surface area contributed by atoms with Crippen LogP contribution in [0.15, 0.2) is 86.0 Å². The third-order valence-electron chi connectivity index (χ3n) is 4.30. The van der Waals surface area contributed by atoms with Crippen LogP contribution in [-0.4, -0.2) is 29.9 Å². The van der Waals surface area contributed by atoms with E-state index in [0.717, 1.165) is 0 Å². The molecule has 0 spiro atoms. The smallest absolute Gasteiger partial charge is 0.348 e. The van der Waals surface area contributed by atoms with E-state index in [4.69, 9.17) is 16.0 Å². The monoisotopic (exact) mass is 458 g/mol. The Morgan fingerprint density at radius 2 is 1.80 bits per heavy atom. The van der Waals surface area contributed by atoms with E-state index < -0.39 is 15.5 Å². The van der Waals surface area contributed by atoms with Crippen molar-refractivity contribution in [3.63, 3.8) is 0 Å². The van der Waals surface area contributed by atoms with Crippen LogP contribution in [0.4, 0.5) is 0 Å². The van der Waals surface area contributed by atoms with Crippen molar-refractivity contribution in [2.75, 3.05) is 11.5 Å². The van der Waals surface area contributed by atoms with Crippen LogP contribution in [0.1, 0.15) is 0 Å². The molecule has 152 valence electrons. The van der Waals surface area contributed by atoms with Gasteiger partial charge in [-0.3, -0.25) is 0 Å². The maximum absolute atomic E-state index is 12.5. The molecule has 0 aliphatic carbocycles. The van der Waals surface area contributed by atoms with Gasteiger partial charge >= 0.3 is 5.63 Å². The fourth-order valence-electron chi connectivity index (χ4n) is 2.86. The summed E-state index contributed by atoms with van der Waals surface area (Å²) >= 11 is 7.34. The zero-order chi connectivity index (χ0) is 21.1. The van der Waals surface area contributed by atoms with E-state index in [1.807, 2.05) is 0 Å². The van der Waals surface area contributed by atoms with E-state index in [1.165, 1.54) is 11.8 Å². The lowest BCUT2D eigenvalue weighted by atomic mass is 10.2. The summed E-state index contributed by atoms with van der Waals surface area (Å²) in [4.78, 5) is 21.4. The molecule has 0 fully saturated rings. The highest BCUT2D eigenvalue weighted by Crippen LogP contribution is 2.30. The predicted molar refractivity (Wildman–Crippen MR) is 118 cm³/mol. The SMILES string of the molecule is O=c1oc(-c2cccnc2SCCS(=O)(=O)c2ccccc2)nc2cccc(Cl)c12. The quantitative estimate of drug-likeness (QED) is 0.394. The van der Waals surface area contributed by atoms with Gasteiger partial charge in [0.15, 0.2) is 9.84 Å². The average Bonchev–Trinajstić information content (AvgIpc) is 2.74. The number of benzene rings is 2. The van der Waals surface area contributed by atoms with Gasteiger partial charge in [0.25, 0.3) is 0 Å². The molecule has 0 amide bonds. The van der Waals surface area contributed by atoms with Gasteiger partial charge < -0.3 is 4.42 Å². The highest BCUT2D eigenvalue weighted by molar-refractivity contribution is 8.00. The maximum atomic E-state index is 12.5. The van der Waals surface area contributed by atoms with Gasteiger partial charge in [-0.05, 0) is 36.4 Å². The second-order valence-electron chi connectivity index (χ2n) is 6.28. The third-order valence-corrected chi connectivity index (χ3v) is 7.61. The van der Waals surface area contributed by atoms with Gasteiger partial charge in [0, 0.05) is 11.9 Å². The number of thioether (sulfide) groups is 1. The van der Waals surface area contributed by atoms with Gasteiger partial charge in [-0.1, -0.05) is 35.9 Å². The van der Waals surface area contributed by atoms with Gasteiger partial charge in [0.1, 0.15) is 10.4 Å². The zero-order valence-electron chi connectivity index (χ0n) is 15.5. The van der Waals surface area contributed by atoms with Crippen LogP contribution < -0.4 is 5.63 Å². The number of sulfone groups is 1. The van der Waals surface area contributed by atoms with Crippen LogP contribution in [0.3, 0.4) is 0 Å². The lowest BCUT2D eigenvalue weighted by molar-refractivity contribution is 0.516. The Balaban J connectivity index is 1.61. The molecule has 0 saturated carbocycles. The Bertz CT molecular complexity index is 1370. The Hall–Kier alpha value is -2.68. The van der Waals surface area contributed by atoms with Crippen molar-refractivity contribution < 1.29 is 12.8 Å². The fraction of sp³-hybridized carbons (Fsp3) is 0.0952. The molecule has 4 rings (SSSR count). The molecule has 0 radical (unpaired) electrons. The second kappa shape index (κ2) is 8.59. The summed E-state index contributed by atoms with van der Waals surface area (Å²) in [6.45, 7) is 0. The molecular weight excluding hydrogens is 444 g/mol. The molecular formula is C21H15ClN2O4S2. The normalized spacial score (nSPS) is 11.6. The lowest BCUT2D eigenvalue weighted by Crippen LogP contribution is -2.09. The first-order valence-electron chi connectivity index (χ1n) is 8.91. The van der Waals surface area contributed by atoms with Crippen LogP contribution in [0.5, 0.6) is 0 Å². The molecule has 0 aliphatic heterocycles. The Morgan fingerprint density at radius 1 is 1.00 bits per heavy atom. The zero-order valence-corrected chi connectivity index (χ0v) is 17.9.